The molecule has 0 amide bonds. The Labute approximate surface area is 214 Å². The molecule has 190 valence electrons. The average molecular weight is 501 g/mol. The molecule has 5 heterocycles. The van der Waals surface area contributed by atoms with E-state index in [-0.39, 0.29) is 6.10 Å². The minimum atomic E-state index is -0.860. The van der Waals surface area contributed by atoms with Crippen molar-refractivity contribution in [2.75, 3.05) is 38.2 Å². The second kappa shape index (κ2) is 8.78. The summed E-state index contributed by atoms with van der Waals surface area (Å²) in [5, 5.41) is 17.7. The van der Waals surface area contributed by atoms with E-state index in [4.69, 9.17) is 14.7 Å². The first-order valence-corrected chi connectivity index (χ1v) is 12.9. The first kappa shape index (κ1) is 22.6. The summed E-state index contributed by atoms with van der Waals surface area (Å²) in [4.78, 5) is 14.4. The number of hydrogen-bond acceptors (Lipinski definition) is 7. The van der Waals surface area contributed by atoms with E-state index in [9.17, 15) is 9.50 Å². The summed E-state index contributed by atoms with van der Waals surface area (Å²) in [6, 6.07) is 12.3. The Bertz CT molecular complexity index is 1470. The molecule has 0 bridgehead atoms. The van der Waals surface area contributed by atoms with E-state index in [1.54, 1.807) is 7.11 Å². The van der Waals surface area contributed by atoms with Gasteiger partial charge in [0.2, 0.25) is 0 Å². The molecule has 37 heavy (non-hydrogen) atoms. The van der Waals surface area contributed by atoms with Crippen molar-refractivity contribution < 1.29 is 14.2 Å². The number of hydrogen-bond donors (Lipinski definition) is 2. The number of methoxy groups -OCH3 is 1. The smallest absolute Gasteiger partial charge is 0.147 e. The van der Waals surface area contributed by atoms with Gasteiger partial charge in [0.05, 0.1) is 18.7 Å². The van der Waals surface area contributed by atoms with Crippen LogP contribution in [-0.2, 0) is 12.8 Å². The lowest BCUT2D eigenvalue weighted by Crippen LogP contribution is -2.50. The van der Waals surface area contributed by atoms with Gasteiger partial charge < -0.3 is 14.7 Å². The highest BCUT2D eigenvalue weighted by atomic mass is 19.1. The van der Waals surface area contributed by atoms with Crippen molar-refractivity contribution in [1.82, 2.24) is 25.1 Å². The van der Waals surface area contributed by atoms with Gasteiger partial charge in [-0.3, -0.25) is 10.00 Å². The Morgan fingerprint density at radius 1 is 1.11 bits per heavy atom. The van der Waals surface area contributed by atoms with Crippen LogP contribution in [-0.4, -0.2) is 81.8 Å². The first-order chi connectivity index (χ1) is 18.1. The van der Waals surface area contributed by atoms with Crippen LogP contribution < -0.4 is 9.64 Å². The molecule has 4 aromatic rings. The second-order valence-corrected chi connectivity index (χ2v) is 10.3. The quantitative estimate of drug-likeness (QED) is 0.444. The lowest BCUT2D eigenvalue weighted by molar-refractivity contribution is 0.173. The third-order valence-corrected chi connectivity index (χ3v) is 8.05. The summed E-state index contributed by atoms with van der Waals surface area (Å²) < 4.78 is 19.9. The largest absolute Gasteiger partial charge is 0.494 e. The Hall–Kier alpha value is -3.56. The Balaban J connectivity index is 1.22. The van der Waals surface area contributed by atoms with Crippen LogP contribution in [0.1, 0.15) is 17.5 Å². The molecule has 2 saturated heterocycles. The van der Waals surface area contributed by atoms with Crippen LogP contribution >= 0.6 is 0 Å². The van der Waals surface area contributed by atoms with Gasteiger partial charge in [0.25, 0.3) is 0 Å². The number of piperazine rings is 1. The average Bonchev–Trinajstić information content (AvgIpc) is 3.61. The van der Waals surface area contributed by atoms with Gasteiger partial charge in [0.1, 0.15) is 34.6 Å². The van der Waals surface area contributed by atoms with Crippen LogP contribution in [0.5, 0.6) is 5.75 Å². The standard InChI is InChI=1S/C28H29FN6O2/c1-37-24-12-23-28(31-27(24)21-4-2-3-16-9-18(29)10-22(16)21)26(33-32-23)17-5-6-25(30-13-17)35-8-7-34-15-20(36)11-19(34)14-35/h2-6,12-13,18-20,36H,7-11,14-15H2,1H3,(H,32,33)/t18?,19-,20+/m0/s1. The molecule has 1 unspecified atom stereocenters. The van der Waals surface area contributed by atoms with E-state index in [0.717, 1.165) is 77.4 Å². The Kier molecular flexibility index (Phi) is 5.37. The number of rotatable bonds is 4. The summed E-state index contributed by atoms with van der Waals surface area (Å²) in [5.74, 6) is 1.56. The van der Waals surface area contributed by atoms with Gasteiger partial charge in [0, 0.05) is 68.5 Å². The zero-order valence-electron chi connectivity index (χ0n) is 20.7. The normalized spacial score (nSPS) is 23.4. The second-order valence-electron chi connectivity index (χ2n) is 10.3. The molecular formula is C28H29FN6O2. The lowest BCUT2D eigenvalue weighted by atomic mass is 9.99. The third kappa shape index (κ3) is 3.84. The molecule has 3 aliphatic rings. The molecule has 0 saturated carbocycles. The SMILES string of the molecule is COc1cc2[nH]nc(-c3ccc(N4CCN5C[C@H](O)C[C@H]5C4)nc3)c2nc1-c1cccc2c1CC(F)C2. The van der Waals surface area contributed by atoms with Crippen molar-refractivity contribution in [1.29, 1.82) is 0 Å². The maximum absolute atomic E-state index is 14.2. The zero-order valence-corrected chi connectivity index (χ0v) is 20.7. The van der Waals surface area contributed by atoms with Gasteiger partial charge >= 0.3 is 0 Å². The summed E-state index contributed by atoms with van der Waals surface area (Å²) >= 11 is 0. The third-order valence-electron chi connectivity index (χ3n) is 8.05. The molecule has 2 fully saturated rings. The van der Waals surface area contributed by atoms with Gasteiger partial charge in [-0.25, -0.2) is 14.4 Å². The van der Waals surface area contributed by atoms with Gasteiger partial charge in [-0.1, -0.05) is 18.2 Å². The molecule has 9 heteroatoms. The maximum atomic E-state index is 14.2. The fourth-order valence-corrected chi connectivity index (χ4v) is 6.24. The number of H-pyrrole nitrogens is 1. The number of nitrogens with zero attached hydrogens (tertiary/aromatic N) is 5. The lowest BCUT2D eigenvalue weighted by Gasteiger charge is -2.37. The van der Waals surface area contributed by atoms with Crippen LogP contribution in [0.3, 0.4) is 0 Å². The number of anilines is 1. The van der Waals surface area contributed by atoms with Crippen molar-refractivity contribution in [2.24, 2.45) is 0 Å². The Morgan fingerprint density at radius 3 is 2.86 bits per heavy atom. The van der Waals surface area contributed by atoms with Crippen molar-refractivity contribution in [3.05, 3.63) is 53.7 Å². The van der Waals surface area contributed by atoms with E-state index in [2.05, 4.69) is 20.0 Å². The predicted molar refractivity (Wildman–Crippen MR) is 140 cm³/mol. The van der Waals surface area contributed by atoms with Gasteiger partial charge in [-0.05, 0) is 29.7 Å². The summed E-state index contributed by atoms with van der Waals surface area (Å²) in [7, 11) is 1.62. The van der Waals surface area contributed by atoms with Crippen LogP contribution in [0.25, 0.3) is 33.5 Å². The fraction of sp³-hybridized carbons (Fsp3) is 0.393. The van der Waals surface area contributed by atoms with E-state index in [0.29, 0.717) is 30.3 Å². The van der Waals surface area contributed by atoms with E-state index >= 15 is 0 Å². The number of aliphatic hydroxyl groups excluding tert-OH is 1. The minimum absolute atomic E-state index is 0.223. The molecule has 8 nitrogen and oxygen atoms in total. The number of aromatic amines is 1. The number of fused-ring (bicyclic) bond motifs is 3. The summed E-state index contributed by atoms with van der Waals surface area (Å²) in [6.07, 6.45) is 2.43. The number of aromatic nitrogens is 4. The predicted octanol–water partition coefficient (Wildman–Crippen LogP) is 3.39. The van der Waals surface area contributed by atoms with Gasteiger partial charge in [0.15, 0.2) is 0 Å². The first-order valence-electron chi connectivity index (χ1n) is 12.9. The molecule has 1 aromatic carbocycles. The highest BCUT2D eigenvalue weighted by Crippen LogP contribution is 2.39. The number of benzene rings is 1. The minimum Gasteiger partial charge on any atom is -0.494 e. The van der Waals surface area contributed by atoms with Crippen molar-refractivity contribution >= 4 is 16.9 Å². The van der Waals surface area contributed by atoms with Crippen LogP contribution in [0.4, 0.5) is 10.2 Å². The van der Waals surface area contributed by atoms with E-state index in [1.165, 1.54) is 0 Å². The Morgan fingerprint density at radius 2 is 2.03 bits per heavy atom. The molecule has 0 radical (unpaired) electrons. The monoisotopic (exact) mass is 500 g/mol. The number of halogens is 1. The topological polar surface area (TPSA) is 90.4 Å². The fourth-order valence-electron chi connectivity index (χ4n) is 6.24. The number of alkyl halides is 1. The molecule has 3 atom stereocenters. The molecule has 1 aliphatic carbocycles. The number of nitrogens with one attached hydrogen (secondary N) is 1. The van der Waals surface area contributed by atoms with Crippen LogP contribution in [0.15, 0.2) is 42.6 Å². The molecular weight excluding hydrogens is 471 g/mol. The zero-order chi connectivity index (χ0) is 25.1. The summed E-state index contributed by atoms with van der Waals surface area (Å²) in [6.45, 7) is 3.49. The van der Waals surface area contributed by atoms with E-state index in [1.807, 2.05) is 42.6 Å². The molecule has 3 aromatic heterocycles. The van der Waals surface area contributed by atoms with E-state index < -0.39 is 6.17 Å². The maximum Gasteiger partial charge on any atom is 0.147 e. The van der Waals surface area contributed by atoms with Crippen molar-refractivity contribution in [2.45, 2.75) is 37.6 Å². The van der Waals surface area contributed by atoms with Gasteiger partial charge in [-0.15, -0.1) is 0 Å². The highest BCUT2D eigenvalue weighted by molar-refractivity contribution is 5.93. The van der Waals surface area contributed by atoms with Crippen LogP contribution in [0, 0.1) is 0 Å². The number of pyridine rings is 2. The summed E-state index contributed by atoms with van der Waals surface area (Å²) in [5.41, 5.74) is 6.74. The molecule has 7 rings (SSSR count). The molecule has 2 aliphatic heterocycles. The van der Waals surface area contributed by atoms with Crippen molar-refractivity contribution in [3.8, 4) is 28.3 Å². The molecule has 0 spiro atoms. The highest BCUT2D eigenvalue weighted by Gasteiger charge is 2.35. The number of aliphatic hydroxyl groups is 1. The number of ether oxygens (including phenoxy) is 1. The van der Waals surface area contributed by atoms with Crippen LogP contribution in [0.2, 0.25) is 0 Å². The van der Waals surface area contributed by atoms with Crippen molar-refractivity contribution in [3.63, 3.8) is 0 Å². The van der Waals surface area contributed by atoms with Gasteiger partial charge in [-0.2, -0.15) is 5.10 Å². The molecule has 2 N–H and O–H groups in total.